The maximum Gasteiger partial charge on any atom is 0.339 e. The van der Waals surface area contributed by atoms with Crippen molar-refractivity contribution in [1.29, 1.82) is 0 Å². The fraction of sp³-hybridized carbons (Fsp3) is 0.544. The van der Waals surface area contributed by atoms with Gasteiger partial charge < -0.3 is 39.0 Å². The van der Waals surface area contributed by atoms with Gasteiger partial charge >= 0.3 is 11.9 Å². The van der Waals surface area contributed by atoms with Crippen LogP contribution >= 0.6 is 0 Å². The molecule has 6 aliphatic rings. The van der Waals surface area contributed by atoms with E-state index in [0.29, 0.717) is 35.8 Å². The fourth-order valence-corrected chi connectivity index (χ4v) is 11.9. The van der Waals surface area contributed by atoms with E-state index >= 15 is 0 Å². The number of rotatable bonds is 13. The lowest BCUT2D eigenvalue weighted by molar-refractivity contribution is -0.172. The lowest BCUT2D eigenvalue weighted by Crippen LogP contribution is -2.53. The number of aliphatic hydroxyl groups is 1. The molecule has 1 spiro atoms. The molecule has 3 aromatic rings. The molecule has 2 amide bonds. The molecule has 12 heteroatoms. The highest BCUT2D eigenvalue weighted by molar-refractivity contribution is 5.98. The van der Waals surface area contributed by atoms with Crippen LogP contribution in [0.1, 0.15) is 126 Å². The molecule has 69 heavy (non-hydrogen) atoms. The number of carbonyl (C=O) groups is 4. The minimum absolute atomic E-state index is 0.0122. The Morgan fingerprint density at radius 1 is 0.913 bits per heavy atom. The number of hydrogen-bond acceptors (Lipinski definition) is 10. The van der Waals surface area contributed by atoms with Crippen molar-refractivity contribution in [3.63, 3.8) is 0 Å². The second-order valence-electron chi connectivity index (χ2n) is 22.4. The van der Waals surface area contributed by atoms with Crippen LogP contribution in [0, 0.1) is 17.3 Å². The van der Waals surface area contributed by atoms with Crippen molar-refractivity contribution in [2.45, 2.75) is 166 Å². The summed E-state index contributed by atoms with van der Waals surface area (Å²) in [5.74, 6) is -1.90. The first kappa shape index (κ1) is 48.9. The molecule has 2 heterocycles. The Morgan fingerprint density at radius 3 is 2.30 bits per heavy atom. The van der Waals surface area contributed by atoms with Gasteiger partial charge in [-0.1, -0.05) is 98.3 Å². The molecule has 1 unspecified atom stereocenters. The van der Waals surface area contributed by atoms with Gasteiger partial charge in [-0.3, -0.25) is 14.4 Å². The Bertz CT molecular complexity index is 2470. The summed E-state index contributed by atoms with van der Waals surface area (Å²) in [6, 6.07) is 23.4. The summed E-state index contributed by atoms with van der Waals surface area (Å²) in [4.78, 5) is 57.9. The molecule has 4 fully saturated rings. The number of allylic oxidation sites excluding steroid dienone is 1. The van der Waals surface area contributed by atoms with E-state index < -0.39 is 72.1 Å². The molecule has 2 aliphatic heterocycles. The predicted octanol–water partition coefficient (Wildman–Crippen LogP) is 8.27. The fourth-order valence-electron chi connectivity index (χ4n) is 11.9. The summed E-state index contributed by atoms with van der Waals surface area (Å²) >= 11 is 0. The van der Waals surface area contributed by atoms with Crippen LogP contribution in [0.2, 0.25) is 0 Å². The summed E-state index contributed by atoms with van der Waals surface area (Å²) in [5, 5.41) is 13.2. The maximum absolute atomic E-state index is 14.9. The van der Waals surface area contributed by atoms with Crippen LogP contribution in [0.3, 0.4) is 0 Å². The van der Waals surface area contributed by atoms with Gasteiger partial charge in [-0.25, -0.2) is 4.79 Å². The number of epoxide rings is 1. The van der Waals surface area contributed by atoms with Crippen molar-refractivity contribution in [3.05, 3.63) is 124 Å². The number of ether oxygens (including phenoxy) is 5. The van der Waals surface area contributed by atoms with Crippen molar-refractivity contribution in [2.24, 2.45) is 17.3 Å². The number of carbonyl (C=O) groups excluding carboxylic acids is 4. The average Bonchev–Trinajstić information content (AvgIpc) is 3.59. The number of nitrogens with one attached hydrogen (secondary N) is 1. The van der Waals surface area contributed by atoms with E-state index in [-0.39, 0.29) is 42.8 Å². The molecule has 9 rings (SSSR count). The number of esters is 2. The number of aliphatic hydroxyl groups excluding tert-OH is 1. The molecule has 2 saturated carbocycles. The van der Waals surface area contributed by atoms with Crippen LogP contribution in [0.15, 0.2) is 96.1 Å². The molecule has 4 aliphatic carbocycles. The van der Waals surface area contributed by atoms with E-state index in [2.05, 4.69) is 44.3 Å². The topological polar surface area (TPSA) is 153 Å². The zero-order chi connectivity index (χ0) is 48.9. The van der Waals surface area contributed by atoms with Crippen molar-refractivity contribution in [2.75, 3.05) is 13.7 Å². The molecule has 0 bridgehead atoms. The Labute approximate surface area is 407 Å². The first-order chi connectivity index (χ1) is 32.8. The first-order valence-electron chi connectivity index (χ1n) is 25.1. The molecule has 12 nitrogen and oxygen atoms in total. The molecular weight excluding hydrogens is 873 g/mol. The van der Waals surface area contributed by atoms with E-state index in [1.54, 1.807) is 33.9 Å². The van der Waals surface area contributed by atoms with Crippen LogP contribution in [-0.2, 0) is 57.3 Å². The molecule has 0 radical (unpaired) electrons. The molecule has 3 aromatic carbocycles. The normalized spacial score (nSPS) is 28.7. The highest BCUT2D eigenvalue weighted by Crippen LogP contribution is 2.60. The lowest BCUT2D eigenvalue weighted by Gasteiger charge is -2.53. The van der Waals surface area contributed by atoms with Crippen molar-refractivity contribution < 1.29 is 48.0 Å². The Balaban J connectivity index is 0.978. The van der Waals surface area contributed by atoms with Gasteiger partial charge in [-0.15, -0.1) is 0 Å². The van der Waals surface area contributed by atoms with Crippen LogP contribution < -0.4 is 5.32 Å². The monoisotopic (exact) mass is 943 g/mol. The highest BCUT2D eigenvalue weighted by atomic mass is 16.8. The van der Waals surface area contributed by atoms with Crippen LogP contribution in [0.25, 0.3) is 6.08 Å². The number of nitrogens with zero attached hydrogens (tertiary/aromatic N) is 1. The molecule has 0 aromatic heterocycles. The zero-order valence-electron chi connectivity index (χ0n) is 41.3. The number of benzene rings is 3. The minimum Gasteiger partial charge on any atom is -0.460 e. The van der Waals surface area contributed by atoms with E-state index in [1.165, 1.54) is 10.5 Å². The van der Waals surface area contributed by atoms with E-state index in [0.717, 1.165) is 54.4 Å². The predicted molar refractivity (Wildman–Crippen MR) is 261 cm³/mol. The SMILES string of the molecule is CN(C(=O)C1=C[C@H]2OC3(Cc4ccccc4C3)O[C@H]2[C@H](OC(=O)c2ccccc2C=C2CCC3O[C@]3(C)CC[C@@H]3[C@@H]2CC3(C)C)C1)[C@H](Cc1ccccc1)C(=O)N[C@H](CO)CCC(=O)OC(C)(C)C. The van der Waals surface area contributed by atoms with Gasteiger partial charge in [0.1, 0.15) is 30.0 Å². The highest BCUT2D eigenvalue weighted by Gasteiger charge is 2.57. The zero-order valence-corrected chi connectivity index (χ0v) is 41.3. The minimum atomic E-state index is -1.01. The number of likely N-dealkylation sites (N-methyl/N-ethyl adjacent to an activating group) is 1. The van der Waals surface area contributed by atoms with Gasteiger partial charge in [0.05, 0.1) is 29.9 Å². The molecule has 9 atom stereocenters. The second kappa shape index (κ2) is 19.2. The molecular formula is C57H70N2O10. The van der Waals surface area contributed by atoms with Crippen LogP contribution in [0.5, 0.6) is 0 Å². The second-order valence-corrected chi connectivity index (χ2v) is 22.4. The molecule has 2 saturated heterocycles. The summed E-state index contributed by atoms with van der Waals surface area (Å²) in [5.41, 5.74) is 5.51. The molecule has 368 valence electrons. The summed E-state index contributed by atoms with van der Waals surface area (Å²) in [6.45, 7) is 11.9. The van der Waals surface area contributed by atoms with E-state index in [4.69, 9.17) is 23.7 Å². The largest absolute Gasteiger partial charge is 0.460 e. The number of amides is 2. The lowest BCUT2D eigenvalue weighted by atomic mass is 9.52. The summed E-state index contributed by atoms with van der Waals surface area (Å²) in [6.07, 6.45) is 8.43. The van der Waals surface area contributed by atoms with Gasteiger partial charge in [-0.2, -0.15) is 0 Å². The van der Waals surface area contributed by atoms with Crippen molar-refractivity contribution >= 4 is 29.8 Å². The number of hydrogen-bond donors (Lipinski definition) is 2. The van der Waals surface area contributed by atoms with Gasteiger partial charge in [0.25, 0.3) is 0 Å². The van der Waals surface area contributed by atoms with E-state index in [1.807, 2.05) is 66.7 Å². The standard InChI is InChI=1S/C57H70N2O10/c1-54(2,3)68-49(61)24-22-41(34-60)58-51(62)45(27-35-15-9-8-10-16-35)59(7)52(63)40-29-46(50-47(30-40)66-57(69-50)31-38-18-11-12-19-39(38)32-57)65-53(64)42-20-14-13-17-36(42)28-37-21-23-48-56(6,67-48)26-25-44-43(37)33-55(44,4)5/h8-20,28,30,41,43-48,50,60H,21-27,29,31-34H2,1-7H3,(H,58,62)/t41-,43+,44+,45+,46+,47+,48?,50-,56+/m0/s1. The van der Waals surface area contributed by atoms with Crippen molar-refractivity contribution in [1.82, 2.24) is 10.2 Å². The Kier molecular flexibility index (Phi) is 13.6. The van der Waals surface area contributed by atoms with Gasteiger partial charge in [0.15, 0.2) is 5.79 Å². The van der Waals surface area contributed by atoms with Gasteiger partial charge in [-0.05, 0) is 118 Å². The maximum atomic E-state index is 14.9. The van der Waals surface area contributed by atoms with Gasteiger partial charge in [0, 0.05) is 44.7 Å². The average molecular weight is 943 g/mol. The quantitative estimate of drug-likeness (QED) is 0.127. The smallest absolute Gasteiger partial charge is 0.339 e. The van der Waals surface area contributed by atoms with Crippen LogP contribution in [0.4, 0.5) is 0 Å². The van der Waals surface area contributed by atoms with Gasteiger partial charge in [0.2, 0.25) is 11.8 Å². The summed E-state index contributed by atoms with van der Waals surface area (Å²) in [7, 11) is 1.59. The van der Waals surface area contributed by atoms with E-state index in [9.17, 15) is 24.3 Å². The number of fused-ring (bicyclic) bond motifs is 4. The Morgan fingerprint density at radius 2 is 1.61 bits per heavy atom. The molecule has 2 N–H and O–H groups in total. The van der Waals surface area contributed by atoms with Crippen LogP contribution in [-0.4, -0.2) is 101 Å². The van der Waals surface area contributed by atoms with Crippen molar-refractivity contribution in [3.8, 4) is 0 Å². The third kappa shape index (κ3) is 10.6. The third-order valence-electron chi connectivity index (χ3n) is 15.7. The third-order valence-corrected chi connectivity index (χ3v) is 15.7. The summed E-state index contributed by atoms with van der Waals surface area (Å²) < 4.78 is 31.9. The first-order valence-corrected chi connectivity index (χ1v) is 25.1. The Hall–Kier alpha value is -5.14.